The number of aryl methyl sites for hydroxylation is 1. The van der Waals surface area contributed by atoms with Crippen molar-refractivity contribution in [1.29, 1.82) is 0 Å². The van der Waals surface area contributed by atoms with Crippen LogP contribution in [0.15, 0.2) is 53.9 Å². The number of para-hydroxylation sites is 1. The van der Waals surface area contributed by atoms with Gasteiger partial charge in [-0.05, 0) is 43.7 Å². The Balaban J connectivity index is 1.54. The predicted octanol–water partition coefficient (Wildman–Crippen LogP) is 4.16. The van der Waals surface area contributed by atoms with Crippen LogP contribution in [0.25, 0.3) is 0 Å². The summed E-state index contributed by atoms with van der Waals surface area (Å²) >= 11 is 1.65. The number of carbonyl (C=O) groups excluding carboxylic acids is 1. The smallest absolute Gasteiger partial charge is 0.262 e. The van der Waals surface area contributed by atoms with Gasteiger partial charge in [0.05, 0.1) is 6.61 Å². The predicted molar refractivity (Wildman–Crippen MR) is 116 cm³/mol. The van der Waals surface area contributed by atoms with Crippen LogP contribution < -0.4 is 20.1 Å². The summed E-state index contributed by atoms with van der Waals surface area (Å²) in [7, 11) is 0. The molecule has 6 nitrogen and oxygen atoms in total. The molecule has 1 heterocycles. The molecule has 152 valence electrons. The average Bonchev–Trinajstić information content (AvgIpc) is 3.13. The SMILES string of the molecule is CCOc1cc(CNCc2nc(C)cs2)ccc1OCC(=O)Nc1ccccc1. The van der Waals surface area contributed by atoms with Gasteiger partial charge in [0.25, 0.3) is 5.91 Å². The molecule has 0 saturated carbocycles. The molecule has 0 spiro atoms. The number of hydrogen-bond donors (Lipinski definition) is 2. The number of aromatic nitrogens is 1. The first-order chi connectivity index (χ1) is 14.1. The van der Waals surface area contributed by atoms with Crippen molar-refractivity contribution in [3.05, 3.63) is 70.2 Å². The van der Waals surface area contributed by atoms with Crippen LogP contribution in [-0.4, -0.2) is 24.1 Å². The number of hydrogen-bond acceptors (Lipinski definition) is 6. The maximum Gasteiger partial charge on any atom is 0.262 e. The van der Waals surface area contributed by atoms with Crippen molar-refractivity contribution in [3.8, 4) is 11.5 Å². The van der Waals surface area contributed by atoms with E-state index in [0.29, 0.717) is 24.7 Å². The minimum absolute atomic E-state index is 0.0873. The Labute approximate surface area is 174 Å². The number of carbonyl (C=O) groups is 1. The van der Waals surface area contributed by atoms with E-state index in [-0.39, 0.29) is 12.5 Å². The molecule has 3 rings (SSSR count). The lowest BCUT2D eigenvalue weighted by atomic mass is 10.2. The number of ether oxygens (including phenoxy) is 2. The molecule has 2 N–H and O–H groups in total. The normalized spacial score (nSPS) is 10.6. The summed E-state index contributed by atoms with van der Waals surface area (Å²) in [6.07, 6.45) is 0. The van der Waals surface area contributed by atoms with Crippen LogP contribution in [0.1, 0.15) is 23.2 Å². The summed E-state index contributed by atoms with van der Waals surface area (Å²) in [4.78, 5) is 16.6. The zero-order chi connectivity index (χ0) is 20.5. The summed E-state index contributed by atoms with van der Waals surface area (Å²) in [6.45, 7) is 5.75. The Morgan fingerprint density at radius 3 is 2.62 bits per heavy atom. The van der Waals surface area contributed by atoms with Crippen LogP contribution in [0, 0.1) is 6.92 Å². The van der Waals surface area contributed by atoms with E-state index in [4.69, 9.17) is 9.47 Å². The Morgan fingerprint density at radius 1 is 1.07 bits per heavy atom. The van der Waals surface area contributed by atoms with Gasteiger partial charge in [-0.15, -0.1) is 11.3 Å². The number of nitrogens with zero attached hydrogens (tertiary/aromatic N) is 1. The molecular formula is C22H25N3O3S. The molecule has 1 aromatic heterocycles. The molecule has 0 bridgehead atoms. The van der Waals surface area contributed by atoms with Gasteiger partial charge in [-0.2, -0.15) is 0 Å². The van der Waals surface area contributed by atoms with Crippen molar-refractivity contribution in [2.24, 2.45) is 0 Å². The highest BCUT2D eigenvalue weighted by molar-refractivity contribution is 7.09. The Morgan fingerprint density at radius 2 is 1.90 bits per heavy atom. The van der Waals surface area contributed by atoms with Gasteiger partial charge in [0.2, 0.25) is 0 Å². The van der Waals surface area contributed by atoms with E-state index in [9.17, 15) is 4.79 Å². The number of rotatable bonds is 10. The van der Waals surface area contributed by atoms with Crippen molar-refractivity contribution < 1.29 is 14.3 Å². The highest BCUT2D eigenvalue weighted by Crippen LogP contribution is 2.28. The molecule has 1 amide bonds. The van der Waals surface area contributed by atoms with Gasteiger partial charge in [0.15, 0.2) is 18.1 Å². The maximum atomic E-state index is 12.1. The third-order valence-corrected chi connectivity index (χ3v) is 4.96. The first-order valence-corrected chi connectivity index (χ1v) is 10.4. The van der Waals surface area contributed by atoms with E-state index in [2.05, 4.69) is 15.6 Å². The average molecular weight is 412 g/mol. The molecular weight excluding hydrogens is 386 g/mol. The van der Waals surface area contributed by atoms with Crippen LogP contribution in [0.3, 0.4) is 0 Å². The van der Waals surface area contributed by atoms with E-state index in [1.165, 1.54) is 0 Å². The van der Waals surface area contributed by atoms with Crippen LogP contribution in [0.5, 0.6) is 11.5 Å². The number of amides is 1. The van der Waals surface area contributed by atoms with Crippen LogP contribution >= 0.6 is 11.3 Å². The lowest BCUT2D eigenvalue weighted by Gasteiger charge is -2.14. The highest BCUT2D eigenvalue weighted by atomic mass is 32.1. The van der Waals surface area contributed by atoms with E-state index in [1.807, 2.05) is 67.8 Å². The second-order valence-electron chi connectivity index (χ2n) is 6.40. The van der Waals surface area contributed by atoms with E-state index in [0.717, 1.165) is 28.5 Å². The summed E-state index contributed by atoms with van der Waals surface area (Å²) in [6, 6.07) is 15.0. The van der Waals surface area contributed by atoms with Gasteiger partial charge in [-0.1, -0.05) is 24.3 Å². The lowest BCUT2D eigenvalue weighted by Crippen LogP contribution is -2.20. The first-order valence-electron chi connectivity index (χ1n) is 9.49. The molecule has 3 aromatic rings. The highest BCUT2D eigenvalue weighted by Gasteiger charge is 2.10. The summed E-state index contributed by atoms with van der Waals surface area (Å²) < 4.78 is 11.4. The Bertz CT molecular complexity index is 928. The molecule has 0 unspecified atom stereocenters. The molecule has 0 saturated heterocycles. The number of anilines is 1. The van der Waals surface area contributed by atoms with Crippen molar-refractivity contribution in [3.63, 3.8) is 0 Å². The zero-order valence-corrected chi connectivity index (χ0v) is 17.4. The third-order valence-electron chi connectivity index (χ3n) is 4.00. The number of benzene rings is 2. The van der Waals surface area contributed by atoms with Crippen LogP contribution in [0.2, 0.25) is 0 Å². The quantitative estimate of drug-likeness (QED) is 0.524. The molecule has 0 fully saturated rings. The Hall–Kier alpha value is -2.90. The van der Waals surface area contributed by atoms with Crippen LogP contribution in [-0.2, 0) is 17.9 Å². The molecule has 29 heavy (non-hydrogen) atoms. The Kier molecular flexibility index (Phi) is 7.61. The van der Waals surface area contributed by atoms with Crippen LogP contribution in [0.4, 0.5) is 5.69 Å². The largest absolute Gasteiger partial charge is 0.490 e. The molecule has 2 aromatic carbocycles. The van der Waals surface area contributed by atoms with Crippen molar-refractivity contribution in [2.75, 3.05) is 18.5 Å². The summed E-state index contributed by atoms with van der Waals surface area (Å²) in [5, 5.41) is 9.30. The number of nitrogens with one attached hydrogen (secondary N) is 2. The fourth-order valence-electron chi connectivity index (χ4n) is 2.71. The van der Waals surface area contributed by atoms with Gasteiger partial charge in [0.1, 0.15) is 5.01 Å². The van der Waals surface area contributed by atoms with Gasteiger partial charge in [-0.3, -0.25) is 4.79 Å². The van der Waals surface area contributed by atoms with Crippen molar-refractivity contribution >= 4 is 22.9 Å². The van der Waals surface area contributed by atoms with Gasteiger partial charge >= 0.3 is 0 Å². The third kappa shape index (κ3) is 6.58. The second kappa shape index (κ2) is 10.6. The second-order valence-corrected chi connectivity index (χ2v) is 7.35. The van der Waals surface area contributed by atoms with Gasteiger partial charge in [0, 0.05) is 29.9 Å². The first kappa shape index (κ1) is 20.8. The summed E-state index contributed by atoms with van der Waals surface area (Å²) in [5.41, 5.74) is 2.86. The monoisotopic (exact) mass is 411 g/mol. The minimum Gasteiger partial charge on any atom is -0.490 e. The lowest BCUT2D eigenvalue weighted by molar-refractivity contribution is -0.118. The zero-order valence-electron chi connectivity index (χ0n) is 16.6. The molecule has 7 heteroatoms. The topological polar surface area (TPSA) is 72.5 Å². The van der Waals surface area contributed by atoms with Crippen molar-refractivity contribution in [2.45, 2.75) is 26.9 Å². The van der Waals surface area contributed by atoms with E-state index in [1.54, 1.807) is 11.3 Å². The van der Waals surface area contributed by atoms with Gasteiger partial charge < -0.3 is 20.1 Å². The van der Waals surface area contributed by atoms with Crippen molar-refractivity contribution in [1.82, 2.24) is 10.3 Å². The molecule has 0 aliphatic carbocycles. The molecule has 0 radical (unpaired) electrons. The molecule has 0 atom stereocenters. The standard InChI is InChI=1S/C22H25N3O3S/c1-3-27-20-11-17(12-23-13-22-24-16(2)15-29-22)9-10-19(20)28-14-21(26)25-18-7-5-4-6-8-18/h4-11,15,23H,3,12-14H2,1-2H3,(H,25,26). The minimum atomic E-state index is -0.219. The van der Waals surface area contributed by atoms with Gasteiger partial charge in [-0.25, -0.2) is 4.98 Å². The van der Waals surface area contributed by atoms with E-state index >= 15 is 0 Å². The molecule has 0 aliphatic rings. The fraction of sp³-hybridized carbons (Fsp3) is 0.273. The fourth-order valence-corrected chi connectivity index (χ4v) is 3.45. The van der Waals surface area contributed by atoms with E-state index < -0.39 is 0 Å². The summed E-state index contributed by atoms with van der Waals surface area (Å²) in [5.74, 6) is 0.960. The molecule has 0 aliphatic heterocycles. The maximum absolute atomic E-state index is 12.1. The number of thiazole rings is 1.